The van der Waals surface area contributed by atoms with Crippen molar-refractivity contribution in [3.63, 3.8) is 0 Å². The quantitative estimate of drug-likeness (QED) is 0.491. The van der Waals surface area contributed by atoms with E-state index in [0.717, 1.165) is 6.42 Å². The molecule has 0 fully saturated rings. The first-order valence-corrected chi connectivity index (χ1v) is 7.48. The number of nitrogens with two attached hydrogens (primary N) is 1. The first kappa shape index (κ1) is 17.4. The largest absolute Gasteiger partial charge is 0.480 e. The van der Waals surface area contributed by atoms with Gasteiger partial charge in [0.1, 0.15) is 6.04 Å². The fourth-order valence-corrected chi connectivity index (χ4v) is 2.00. The van der Waals surface area contributed by atoms with E-state index in [1.54, 1.807) is 0 Å². The van der Waals surface area contributed by atoms with E-state index >= 15 is 0 Å². The number of hydrogen-bond acceptors (Lipinski definition) is 2. The maximum atomic E-state index is 10.5. The highest BCUT2D eigenvalue weighted by molar-refractivity contribution is 5.73. The Morgan fingerprint density at radius 3 is 2.06 bits per heavy atom. The molecule has 0 aromatic rings. The lowest BCUT2D eigenvalue weighted by Crippen LogP contribution is -2.29. The van der Waals surface area contributed by atoms with E-state index in [0.29, 0.717) is 6.42 Å². The van der Waals surface area contributed by atoms with Crippen molar-refractivity contribution < 1.29 is 9.90 Å². The fourth-order valence-electron chi connectivity index (χ4n) is 2.00. The smallest absolute Gasteiger partial charge is 0.320 e. The Hall–Kier alpha value is -0.570. The summed E-state index contributed by atoms with van der Waals surface area (Å²) in [6.07, 6.45) is 15.4. The molecule has 1 unspecified atom stereocenters. The van der Waals surface area contributed by atoms with Crippen LogP contribution in [0.3, 0.4) is 0 Å². The van der Waals surface area contributed by atoms with Crippen LogP contribution >= 0.6 is 0 Å². The number of carboxylic acid groups (broad SMARTS) is 1. The molecule has 0 saturated carbocycles. The summed E-state index contributed by atoms with van der Waals surface area (Å²) in [7, 11) is 0. The van der Waals surface area contributed by atoms with Crippen molar-refractivity contribution >= 4 is 5.97 Å². The lowest BCUT2D eigenvalue weighted by atomic mass is 10.0. The van der Waals surface area contributed by atoms with Crippen molar-refractivity contribution in [2.45, 2.75) is 83.6 Å². The SMILES string of the molecule is CCCCCCCCCCC[CH]CC(N)C(=O)O. The summed E-state index contributed by atoms with van der Waals surface area (Å²) in [5.74, 6) is -0.904. The van der Waals surface area contributed by atoms with Crippen molar-refractivity contribution in [3.05, 3.63) is 6.42 Å². The monoisotopic (exact) mass is 256 g/mol. The Morgan fingerprint density at radius 2 is 1.56 bits per heavy atom. The summed E-state index contributed by atoms with van der Waals surface area (Å²) < 4.78 is 0. The topological polar surface area (TPSA) is 63.3 Å². The number of rotatable bonds is 13. The average molecular weight is 256 g/mol. The molecule has 0 aliphatic heterocycles. The summed E-state index contributed by atoms with van der Waals surface area (Å²) in [5.41, 5.74) is 5.41. The predicted octanol–water partition coefficient (Wildman–Crippen LogP) is 3.91. The number of carboxylic acids is 1. The second kappa shape index (κ2) is 12.9. The Balaban J connectivity index is 3.05. The standard InChI is InChI=1S/C15H30NO2/c1-2-3-4-5-6-7-8-9-10-11-12-13-14(16)15(17)18/h12,14H,2-11,13,16H2,1H3,(H,17,18). The zero-order valence-electron chi connectivity index (χ0n) is 11.9. The van der Waals surface area contributed by atoms with Gasteiger partial charge in [-0.25, -0.2) is 0 Å². The lowest BCUT2D eigenvalue weighted by molar-refractivity contribution is -0.138. The molecule has 18 heavy (non-hydrogen) atoms. The van der Waals surface area contributed by atoms with Crippen molar-refractivity contribution in [1.29, 1.82) is 0 Å². The Kier molecular flexibility index (Phi) is 12.5. The van der Waals surface area contributed by atoms with Gasteiger partial charge in [-0.3, -0.25) is 4.79 Å². The van der Waals surface area contributed by atoms with Gasteiger partial charge in [-0.05, 0) is 12.8 Å². The van der Waals surface area contributed by atoms with Crippen LogP contribution in [-0.4, -0.2) is 17.1 Å². The molecular formula is C15H30NO2. The van der Waals surface area contributed by atoms with Crippen LogP contribution in [-0.2, 0) is 4.79 Å². The number of carbonyl (C=O) groups is 1. The molecule has 0 aliphatic carbocycles. The van der Waals surface area contributed by atoms with E-state index in [2.05, 4.69) is 6.92 Å². The molecular weight excluding hydrogens is 226 g/mol. The lowest BCUT2D eigenvalue weighted by Gasteiger charge is -2.05. The van der Waals surface area contributed by atoms with Gasteiger partial charge in [-0.1, -0.05) is 71.1 Å². The number of unbranched alkanes of at least 4 members (excludes halogenated alkanes) is 10. The molecule has 0 amide bonds. The van der Waals surface area contributed by atoms with Crippen LogP contribution in [0.4, 0.5) is 0 Å². The minimum atomic E-state index is -0.904. The van der Waals surface area contributed by atoms with Gasteiger partial charge < -0.3 is 10.8 Å². The van der Waals surface area contributed by atoms with Gasteiger partial charge in [0.15, 0.2) is 0 Å². The highest BCUT2D eigenvalue weighted by atomic mass is 16.4. The first-order chi connectivity index (χ1) is 8.68. The van der Waals surface area contributed by atoms with E-state index in [4.69, 9.17) is 10.8 Å². The van der Waals surface area contributed by atoms with Crippen molar-refractivity contribution in [3.8, 4) is 0 Å². The molecule has 3 N–H and O–H groups in total. The van der Waals surface area contributed by atoms with Gasteiger partial charge >= 0.3 is 5.97 Å². The van der Waals surface area contributed by atoms with Gasteiger partial charge in [-0.15, -0.1) is 0 Å². The van der Waals surface area contributed by atoms with Crippen LogP contribution in [0.15, 0.2) is 0 Å². The van der Waals surface area contributed by atoms with Gasteiger partial charge in [0.2, 0.25) is 0 Å². The van der Waals surface area contributed by atoms with Gasteiger partial charge in [0, 0.05) is 0 Å². The van der Waals surface area contributed by atoms with Gasteiger partial charge in [0.25, 0.3) is 0 Å². The zero-order valence-corrected chi connectivity index (χ0v) is 11.9. The van der Waals surface area contributed by atoms with Crippen LogP contribution in [0.1, 0.15) is 77.6 Å². The van der Waals surface area contributed by atoms with E-state index < -0.39 is 12.0 Å². The molecule has 1 radical (unpaired) electrons. The highest BCUT2D eigenvalue weighted by Crippen LogP contribution is 2.11. The molecule has 0 aliphatic rings. The van der Waals surface area contributed by atoms with E-state index in [1.807, 2.05) is 6.42 Å². The molecule has 0 aromatic carbocycles. The molecule has 1 atom stereocenters. The van der Waals surface area contributed by atoms with Crippen molar-refractivity contribution in [1.82, 2.24) is 0 Å². The van der Waals surface area contributed by atoms with Crippen LogP contribution in [0.5, 0.6) is 0 Å². The van der Waals surface area contributed by atoms with Crippen molar-refractivity contribution in [2.24, 2.45) is 5.73 Å². The third kappa shape index (κ3) is 11.9. The predicted molar refractivity (Wildman–Crippen MR) is 76.4 cm³/mol. The van der Waals surface area contributed by atoms with E-state index in [1.165, 1.54) is 57.8 Å². The normalized spacial score (nSPS) is 12.6. The van der Waals surface area contributed by atoms with Gasteiger partial charge in [-0.2, -0.15) is 0 Å². The molecule has 0 bridgehead atoms. The molecule has 107 valence electrons. The Bertz CT molecular complexity index is 195. The maximum absolute atomic E-state index is 10.5. The summed E-state index contributed by atoms with van der Waals surface area (Å²) >= 11 is 0. The van der Waals surface area contributed by atoms with Crippen LogP contribution in [0.25, 0.3) is 0 Å². The highest BCUT2D eigenvalue weighted by Gasteiger charge is 2.09. The molecule has 0 spiro atoms. The summed E-state index contributed by atoms with van der Waals surface area (Å²) in [6, 6.07) is -0.719. The Labute approximate surface area is 112 Å². The van der Waals surface area contributed by atoms with E-state index in [-0.39, 0.29) is 0 Å². The number of aliphatic carboxylic acids is 1. The second-order valence-corrected chi connectivity index (χ2v) is 5.09. The second-order valence-electron chi connectivity index (χ2n) is 5.09. The summed E-state index contributed by atoms with van der Waals surface area (Å²) in [5, 5.41) is 8.60. The van der Waals surface area contributed by atoms with Crippen LogP contribution in [0.2, 0.25) is 0 Å². The molecule has 3 heteroatoms. The van der Waals surface area contributed by atoms with Gasteiger partial charge in [0.05, 0.1) is 0 Å². The first-order valence-electron chi connectivity index (χ1n) is 7.48. The van der Waals surface area contributed by atoms with Crippen LogP contribution in [0, 0.1) is 6.42 Å². The van der Waals surface area contributed by atoms with Crippen LogP contribution < -0.4 is 5.73 Å². The zero-order chi connectivity index (χ0) is 13.6. The molecule has 0 rings (SSSR count). The average Bonchev–Trinajstić information content (AvgIpc) is 2.35. The summed E-state index contributed by atoms with van der Waals surface area (Å²) in [6.45, 7) is 2.24. The molecule has 3 nitrogen and oxygen atoms in total. The Morgan fingerprint density at radius 1 is 1.06 bits per heavy atom. The third-order valence-electron chi connectivity index (χ3n) is 3.25. The van der Waals surface area contributed by atoms with E-state index in [9.17, 15) is 4.79 Å². The number of hydrogen-bond donors (Lipinski definition) is 2. The third-order valence-corrected chi connectivity index (χ3v) is 3.25. The molecule has 0 aromatic heterocycles. The molecule has 0 saturated heterocycles. The molecule has 0 heterocycles. The fraction of sp³-hybridized carbons (Fsp3) is 0.867. The van der Waals surface area contributed by atoms with Crippen molar-refractivity contribution in [2.75, 3.05) is 0 Å². The minimum Gasteiger partial charge on any atom is -0.480 e. The summed E-state index contributed by atoms with van der Waals surface area (Å²) in [4.78, 5) is 10.5. The maximum Gasteiger partial charge on any atom is 0.320 e. The minimum absolute atomic E-state index is 0.492.